The number of aromatic nitrogens is 4. The first-order valence-corrected chi connectivity index (χ1v) is 12.0. The van der Waals surface area contributed by atoms with E-state index < -0.39 is 0 Å². The van der Waals surface area contributed by atoms with E-state index in [0.29, 0.717) is 24.3 Å². The highest BCUT2D eigenvalue weighted by atomic mass is 32.2. The third-order valence-corrected chi connectivity index (χ3v) is 6.55. The van der Waals surface area contributed by atoms with Crippen LogP contribution in [-0.4, -0.2) is 38.6 Å². The second kappa shape index (κ2) is 10.0. The molecule has 34 heavy (non-hydrogen) atoms. The van der Waals surface area contributed by atoms with Crippen molar-refractivity contribution in [3.05, 3.63) is 94.8 Å². The van der Waals surface area contributed by atoms with Gasteiger partial charge in [0, 0.05) is 11.3 Å². The summed E-state index contributed by atoms with van der Waals surface area (Å²) in [6.07, 6.45) is 0.854. The first-order valence-electron chi connectivity index (χ1n) is 11.1. The number of benzene rings is 3. The van der Waals surface area contributed by atoms with Crippen molar-refractivity contribution in [2.45, 2.75) is 18.1 Å². The van der Waals surface area contributed by atoms with Crippen molar-refractivity contribution in [3.63, 3.8) is 0 Å². The minimum absolute atomic E-state index is 0.103. The van der Waals surface area contributed by atoms with Gasteiger partial charge in [-0.05, 0) is 36.8 Å². The molecule has 0 unspecified atom stereocenters. The molecule has 0 bridgehead atoms. The summed E-state index contributed by atoms with van der Waals surface area (Å²) in [6, 6.07) is 25.1. The summed E-state index contributed by atoms with van der Waals surface area (Å²) in [6.45, 7) is 0.956. The van der Waals surface area contributed by atoms with Crippen molar-refractivity contribution in [3.8, 4) is 11.5 Å². The third kappa shape index (κ3) is 4.36. The van der Waals surface area contributed by atoms with Gasteiger partial charge in [0.25, 0.3) is 5.56 Å². The van der Waals surface area contributed by atoms with E-state index in [1.807, 2.05) is 83.3 Å². The summed E-state index contributed by atoms with van der Waals surface area (Å²) in [5.41, 5.74) is 1.60. The Balaban J connectivity index is 1.44. The maximum atomic E-state index is 13.4. The molecule has 0 fully saturated rings. The van der Waals surface area contributed by atoms with Crippen molar-refractivity contribution in [2.24, 2.45) is 0 Å². The summed E-state index contributed by atoms with van der Waals surface area (Å²) in [7, 11) is 1.63. The summed E-state index contributed by atoms with van der Waals surface area (Å²) in [4.78, 5) is 13.4. The molecule has 5 rings (SSSR count). The van der Waals surface area contributed by atoms with Gasteiger partial charge < -0.3 is 9.47 Å². The highest BCUT2D eigenvalue weighted by molar-refractivity contribution is 7.99. The predicted molar refractivity (Wildman–Crippen MR) is 134 cm³/mol. The molecule has 0 aliphatic carbocycles. The van der Waals surface area contributed by atoms with Crippen LogP contribution in [0.25, 0.3) is 16.7 Å². The summed E-state index contributed by atoms with van der Waals surface area (Å²) < 4.78 is 14.9. The van der Waals surface area contributed by atoms with Crippen LogP contribution in [-0.2, 0) is 6.54 Å². The molecule has 0 aliphatic rings. The largest absolute Gasteiger partial charge is 0.496 e. The number of para-hydroxylation sites is 3. The van der Waals surface area contributed by atoms with Crippen molar-refractivity contribution in [1.82, 2.24) is 19.2 Å². The van der Waals surface area contributed by atoms with E-state index >= 15 is 0 Å². The molecule has 0 amide bonds. The van der Waals surface area contributed by atoms with Crippen LogP contribution < -0.4 is 15.0 Å². The highest BCUT2D eigenvalue weighted by Crippen LogP contribution is 2.24. The van der Waals surface area contributed by atoms with Crippen molar-refractivity contribution < 1.29 is 9.47 Å². The molecule has 5 aromatic rings. The minimum Gasteiger partial charge on any atom is -0.496 e. The molecular formula is C26H24N4O3S. The van der Waals surface area contributed by atoms with Gasteiger partial charge in [-0.2, -0.15) is 0 Å². The van der Waals surface area contributed by atoms with Gasteiger partial charge in [-0.1, -0.05) is 60.3 Å². The predicted octanol–water partition coefficient (Wildman–Crippen LogP) is 4.66. The summed E-state index contributed by atoms with van der Waals surface area (Å²) in [5.74, 6) is 2.92. The van der Waals surface area contributed by atoms with Crippen molar-refractivity contribution >= 4 is 28.4 Å². The van der Waals surface area contributed by atoms with Gasteiger partial charge in [0.1, 0.15) is 11.5 Å². The lowest BCUT2D eigenvalue weighted by Gasteiger charge is -2.13. The Kier molecular flexibility index (Phi) is 6.49. The van der Waals surface area contributed by atoms with E-state index in [4.69, 9.17) is 9.47 Å². The van der Waals surface area contributed by atoms with Gasteiger partial charge in [-0.25, -0.2) is 0 Å². The van der Waals surface area contributed by atoms with Crippen LogP contribution in [0.4, 0.5) is 0 Å². The number of nitrogens with zero attached hydrogens (tertiary/aromatic N) is 4. The van der Waals surface area contributed by atoms with Gasteiger partial charge in [0.15, 0.2) is 5.16 Å². The Hall–Kier alpha value is -3.78. The zero-order chi connectivity index (χ0) is 23.3. The molecule has 0 radical (unpaired) electrons. The normalized spacial score (nSPS) is 11.2. The maximum absolute atomic E-state index is 13.4. The fourth-order valence-electron chi connectivity index (χ4n) is 3.90. The Morgan fingerprint density at radius 2 is 1.68 bits per heavy atom. The fourth-order valence-corrected chi connectivity index (χ4v) is 4.76. The fraction of sp³-hybridized carbons (Fsp3) is 0.192. The Bertz CT molecular complexity index is 1480. The molecule has 8 heteroatoms. The van der Waals surface area contributed by atoms with E-state index in [9.17, 15) is 4.79 Å². The number of rotatable bonds is 9. The highest BCUT2D eigenvalue weighted by Gasteiger charge is 2.17. The van der Waals surface area contributed by atoms with Crippen LogP contribution in [0.5, 0.6) is 11.5 Å². The molecular weight excluding hydrogens is 448 g/mol. The zero-order valence-corrected chi connectivity index (χ0v) is 19.6. The number of ether oxygens (including phenoxy) is 2. The van der Waals surface area contributed by atoms with Gasteiger partial charge in [0.2, 0.25) is 5.78 Å². The summed E-state index contributed by atoms with van der Waals surface area (Å²) in [5, 5.41) is 10.2. The Morgan fingerprint density at radius 3 is 2.53 bits per heavy atom. The SMILES string of the molecule is COc1ccccc1Cn1c(=O)c2ccccc2n2c(SCCCOc3ccccc3)nnc12. The Labute approximate surface area is 201 Å². The molecule has 172 valence electrons. The zero-order valence-electron chi connectivity index (χ0n) is 18.8. The molecule has 0 spiro atoms. The van der Waals surface area contributed by atoms with Crippen LogP contribution in [0, 0.1) is 0 Å². The number of hydrogen-bond acceptors (Lipinski definition) is 6. The molecule has 0 aliphatic heterocycles. The van der Waals surface area contributed by atoms with Gasteiger partial charge >= 0.3 is 0 Å². The first kappa shape index (κ1) is 22.0. The summed E-state index contributed by atoms with van der Waals surface area (Å²) >= 11 is 1.60. The maximum Gasteiger partial charge on any atom is 0.263 e. The topological polar surface area (TPSA) is 70.7 Å². The third-order valence-electron chi connectivity index (χ3n) is 5.53. The van der Waals surface area contributed by atoms with Gasteiger partial charge in [-0.3, -0.25) is 13.8 Å². The molecule has 2 aromatic heterocycles. The lowest BCUT2D eigenvalue weighted by atomic mass is 10.2. The monoisotopic (exact) mass is 472 g/mol. The molecule has 0 saturated heterocycles. The van der Waals surface area contributed by atoms with Crippen LogP contribution in [0.2, 0.25) is 0 Å². The number of methoxy groups -OCH3 is 1. The number of hydrogen-bond donors (Lipinski definition) is 0. The smallest absolute Gasteiger partial charge is 0.263 e. The average molecular weight is 473 g/mol. The van der Waals surface area contributed by atoms with E-state index in [2.05, 4.69) is 10.2 Å². The second-order valence-electron chi connectivity index (χ2n) is 7.70. The lowest BCUT2D eigenvalue weighted by molar-refractivity contribution is 0.318. The standard InChI is InChI=1S/C26H24N4O3S/c1-32-23-15-8-5-10-19(23)18-29-24(31)21-13-6-7-14-22(21)30-25(29)27-28-26(30)34-17-9-16-33-20-11-3-2-4-12-20/h2-8,10-15H,9,16-18H2,1H3. The minimum atomic E-state index is -0.103. The quantitative estimate of drug-likeness (QED) is 0.230. The van der Waals surface area contributed by atoms with Gasteiger partial charge in [0.05, 0.1) is 31.2 Å². The molecule has 0 saturated carbocycles. The average Bonchev–Trinajstić information content (AvgIpc) is 3.31. The molecule has 3 aromatic carbocycles. The Morgan fingerprint density at radius 1 is 0.912 bits per heavy atom. The van der Waals surface area contributed by atoms with Gasteiger partial charge in [-0.15, -0.1) is 10.2 Å². The van der Waals surface area contributed by atoms with E-state index in [-0.39, 0.29) is 5.56 Å². The van der Waals surface area contributed by atoms with Crippen molar-refractivity contribution in [2.75, 3.05) is 19.5 Å². The lowest BCUT2D eigenvalue weighted by Crippen LogP contribution is -2.24. The van der Waals surface area contributed by atoms with Crippen LogP contribution >= 0.6 is 11.8 Å². The molecule has 2 heterocycles. The van der Waals surface area contributed by atoms with Crippen LogP contribution in [0.1, 0.15) is 12.0 Å². The van der Waals surface area contributed by atoms with E-state index in [0.717, 1.165) is 39.9 Å². The molecule has 7 nitrogen and oxygen atoms in total. The van der Waals surface area contributed by atoms with Crippen LogP contribution in [0.3, 0.4) is 0 Å². The van der Waals surface area contributed by atoms with E-state index in [1.54, 1.807) is 23.4 Å². The molecule has 0 atom stereocenters. The van der Waals surface area contributed by atoms with Crippen molar-refractivity contribution in [1.29, 1.82) is 0 Å². The van der Waals surface area contributed by atoms with Crippen LogP contribution in [0.15, 0.2) is 88.8 Å². The second-order valence-corrected chi connectivity index (χ2v) is 8.76. The number of fused-ring (bicyclic) bond motifs is 3. The van der Waals surface area contributed by atoms with E-state index in [1.165, 1.54) is 0 Å². The number of thioether (sulfide) groups is 1. The first-order chi connectivity index (χ1) is 16.8. The molecule has 0 N–H and O–H groups in total.